The Bertz CT molecular complexity index is 818. The molecule has 1 amide bonds. The number of nitrogens with one attached hydrogen (secondary N) is 1. The third-order valence-electron chi connectivity index (χ3n) is 2.90. The molecule has 0 spiro atoms. The first kappa shape index (κ1) is 14.7. The zero-order valence-electron chi connectivity index (χ0n) is 11.5. The van der Waals surface area contributed by atoms with Crippen LogP contribution >= 0.6 is 0 Å². The maximum atomic E-state index is 13.5. The second-order valence-corrected chi connectivity index (χ2v) is 4.40. The molecule has 3 rings (SSSR count). The van der Waals surface area contributed by atoms with E-state index in [0.29, 0.717) is 5.69 Å². The van der Waals surface area contributed by atoms with Crippen LogP contribution in [0.2, 0.25) is 0 Å². The van der Waals surface area contributed by atoms with Gasteiger partial charge >= 0.3 is 11.8 Å². The van der Waals surface area contributed by atoms with E-state index in [0.717, 1.165) is 12.1 Å². The molecule has 23 heavy (non-hydrogen) atoms. The van der Waals surface area contributed by atoms with E-state index in [4.69, 9.17) is 4.52 Å². The van der Waals surface area contributed by atoms with E-state index in [1.165, 1.54) is 24.7 Å². The van der Waals surface area contributed by atoms with Crippen LogP contribution in [0.1, 0.15) is 16.2 Å². The van der Waals surface area contributed by atoms with E-state index >= 15 is 0 Å². The number of benzene rings is 1. The molecule has 0 aliphatic rings. The van der Waals surface area contributed by atoms with Gasteiger partial charge in [0.05, 0.1) is 6.20 Å². The standard InChI is InChI=1S/C14H9F2N5O2/c15-9-2-1-3-10(16)8(9)6-19-13(22)14-20-12(21-23-14)11-7-17-4-5-18-11/h1-5,7H,6H2,(H,19,22). The number of rotatable bonds is 4. The first-order chi connectivity index (χ1) is 11.1. The zero-order valence-corrected chi connectivity index (χ0v) is 11.5. The van der Waals surface area contributed by atoms with Crippen LogP contribution < -0.4 is 5.32 Å². The minimum Gasteiger partial charge on any atom is -0.344 e. The average Bonchev–Trinajstić information content (AvgIpc) is 3.05. The van der Waals surface area contributed by atoms with Crippen molar-refractivity contribution in [1.82, 2.24) is 25.4 Å². The van der Waals surface area contributed by atoms with Crippen LogP contribution in [-0.2, 0) is 6.54 Å². The summed E-state index contributed by atoms with van der Waals surface area (Å²) >= 11 is 0. The van der Waals surface area contributed by atoms with Gasteiger partial charge in [-0.1, -0.05) is 11.2 Å². The summed E-state index contributed by atoms with van der Waals surface area (Å²) in [4.78, 5) is 23.6. The van der Waals surface area contributed by atoms with E-state index in [2.05, 4.69) is 25.4 Å². The second-order valence-electron chi connectivity index (χ2n) is 4.40. The van der Waals surface area contributed by atoms with Gasteiger partial charge in [0.25, 0.3) is 0 Å². The summed E-state index contributed by atoms with van der Waals surface area (Å²) in [5.74, 6) is -2.52. The Morgan fingerprint density at radius 2 is 2.00 bits per heavy atom. The van der Waals surface area contributed by atoms with Crippen molar-refractivity contribution in [3.63, 3.8) is 0 Å². The lowest BCUT2D eigenvalue weighted by Gasteiger charge is -2.05. The number of nitrogens with zero attached hydrogens (tertiary/aromatic N) is 4. The number of hydrogen-bond donors (Lipinski definition) is 1. The van der Waals surface area contributed by atoms with Gasteiger partial charge in [-0.15, -0.1) is 0 Å². The van der Waals surface area contributed by atoms with Crippen LogP contribution in [0.15, 0.2) is 41.3 Å². The van der Waals surface area contributed by atoms with E-state index in [1.54, 1.807) is 0 Å². The molecule has 0 radical (unpaired) electrons. The average molecular weight is 317 g/mol. The third kappa shape index (κ3) is 3.18. The molecular weight excluding hydrogens is 308 g/mol. The summed E-state index contributed by atoms with van der Waals surface area (Å²) in [6, 6.07) is 3.44. The van der Waals surface area contributed by atoms with Gasteiger partial charge in [-0.3, -0.25) is 9.78 Å². The number of carbonyl (C=O) groups excluding carboxylic acids is 1. The summed E-state index contributed by atoms with van der Waals surface area (Å²) in [5, 5.41) is 5.91. The van der Waals surface area contributed by atoms with E-state index in [1.807, 2.05) is 0 Å². The van der Waals surface area contributed by atoms with Crippen LogP contribution in [0.3, 0.4) is 0 Å². The second kappa shape index (κ2) is 6.26. The van der Waals surface area contributed by atoms with Crippen LogP contribution in [-0.4, -0.2) is 26.0 Å². The molecule has 116 valence electrons. The molecule has 0 aliphatic heterocycles. The summed E-state index contributed by atoms with van der Waals surface area (Å²) in [6.45, 7) is -0.347. The number of carbonyl (C=O) groups is 1. The van der Waals surface area contributed by atoms with Crippen molar-refractivity contribution in [3.05, 3.63) is 59.9 Å². The molecule has 0 bridgehead atoms. The van der Waals surface area contributed by atoms with Crippen LogP contribution in [0.5, 0.6) is 0 Å². The van der Waals surface area contributed by atoms with Crippen molar-refractivity contribution in [2.45, 2.75) is 6.54 Å². The number of halogens is 2. The smallest absolute Gasteiger partial charge is 0.316 e. The molecule has 0 fully saturated rings. The van der Waals surface area contributed by atoms with E-state index in [9.17, 15) is 13.6 Å². The van der Waals surface area contributed by atoms with Crippen molar-refractivity contribution >= 4 is 5.91 Å². The fourth-order valence-electron chi connectivity index (χ4n) is 1.78. The van der Waals surface area contributed by atoms with Gasteiger partial charge in [-0.05, 0) is 12.1 Å². The lowest BCUT2D eigenvalue weighted by atomic mass is 10.2. The fourth-order valence-corrected chi connectivity index (χ4v) is 1.78. The predicted octanol–water partition coefficient (Wildman–Crippen LogP) is 1.73. The normalized spacial score (nSPS) is 10.5. The molecule has 7 nitrogen and oxygen atoms in total. The minimum absolute atomic E-state index is 0.0836. The van der Waals surface area contributed by atoms with Crippen molar-refractivity contribution in [3.8, 4) is 11.5 Å². The third-order valence-corrected chi connectivity index (χ3v) is 2.90. The molecule has 1 aromatic carbocycles. The lowest BCUT2D eigenvalue weighted by Crippen LogP contribution is -2.24. The highest BCUT2D eigenvalue weighted by Crippen LogP contribution is 2.13. The molecule has 0 atom stereocenters. The van der Waals surface area contributed by atoms with Gasteiger partial charge in [0.2, 0.25) is 5.82 Å². The summed E-state index contributed by atoms with van der Waals surface area (Å²) in [5.41, 5.74) is 0.0740. The Kier molecular flexibility index (Phi) is 4.00. The molecule has 0 unspecified atom stereocenters. The Labute approximate surface area is 128 Å². The number of hydrogen-bond acceptors (Lipinski definition) is 6. The van der Waals surface area contributed by atoms with Crippen LogP contribution in [0, 0.1) is 11.6 Å². The summed E-state index contributed by atoms with van der Waals surface area (Å²) < 4.78 is 31.7. The maximum absolute atomic E-state index is 13.5. The van der Waals surface area contributed by atoms with Gasteiger partial charge in [-0.2, -0.15) is 4.98 Å². The highest BCUT2D eigenvalue weighted by molar-refractivity contribution is 5.89. The van der Waals surface area contributed by atoms with Crippen molar-refractivity contribution < 1.29 is 18.1 Å². The number of amides is 1. The molecule has 0 saturated carbocycles. The first-order valence-corrected chi connectivity index (χ1v) is 6.46. The molecular formula is C14H9F2N5O2. The largest absolute Gasteiger partial charge is 0.344 e. The quantitative estimate of drug-likeness (QED) is 0.787. The molecule has 3 aromatic rings. The Morgan fingerprint density at radius 3 is 2.70 bits per heavy atom. The first-order valence-electron chi connectivity index (χ1n) is 6.46. The molecule has 0 saturated heterocycles. The SMILES string of the molecule is O=C(NCc1c(F)cccc1F)c1nc(-c2cnccn2)no1. The van der Waals surface area contributed by atoms with Crippen molar-refractivity contribution in [2.75, 3.05) is 0 Å². The Hall–Kier alpha value is -3.23. The molecule has 2 aromatic heterocycles. The van der Waals surface area contributed by atoms with Gasteiger partial charge in [0.1, 0.15) is 17.3 Å². The van der Waals surface area contributed by atoms with Crippen LogP contribution in [0.4, 0.5) is 8.78 Å². The Morgan fingerprint density at radius 1 is 1.22 bits per heavy atom. The van der Waals surface area contributed by atoms with Crippen molar-refractivity contribution in [1.29, 1.82) is 0 Å². The summed E-state index contributed by atoms with van der Waals surface area (Å²) in [6.07, 6.45) is 4.31. The highest BCUT2D eigenvalue weighted by Gasteiger charge is 2.18. The fraction of sp³-hybridized carbons (Fsp3) is 0.0714. The monoisotopic (exact) mass is 317 g/mol. The molecule has 2 heterocycles. The molecule has 9 heteroatoms. The van der Waals surface area contributed by atoms with E-state index in [-0.39, 0.29) is 23.8 Å². The topological polar surface area (TPSA) is 93.8 Å². The van der Waals surface area contributed by atoms with Gasteiger partial charge in [0.15, 0.2) is 0 Å². The van der Waals surface area contributed by atoms with Crippen LogP contribution in [0.25, 0.3) is 11.5 Å². The predicted molar refractivity (Wildman–Crippen MR) is 72.9 cm³/mol. The van der Waals surface area contributed by atoms with Gasteiger partial charge < -0.3 is 9.84 Å². The lowest BCUT2D eigenvalue weighted by molar-refractivity contribution is 0.0906. The summed E-state index contributed by atoms with van der Waals surface area (Å²) in [7, 11) is 0. The maximum Gasteiger partial charge on any atom is 0.316 e. The molecule has 1 N–H and O–H groups in total. The van der Waals surface area contributed by atoms with Gasteiger partial charge in [0, 0.05) is 24.5 Å². The Balaban J connectivity index is 1.71. The zero-order chi connectivity index (χ0) is 16.2. The highest BCUT2D eigenvalue weighted by atomic mass is 19.1. The van der Waals surface area contributed by atoms with Gasteiger partial charge in [-0.25, -0.2) is 13.8 Å². The van der Waals surface area contributed by atoms with E-state index < -0.39 is 17.5 Å². The molecule has 0 aliphatic carbocycles. The number of aromatic nitrogens is 4. The minimum atomic E-state index is -0.754. The van der Waals surface area contributed by atoms with Crippen molar-refractivity contribution in [2.24, 2.45) is 0 Å².